The molecule has 0 aliphatic heterocycles. The summed E-state index contributed by atoms with van der Waals surface area (Å²) in [6.07, 6.45) is 5.01. The Morgan fingerprint density at radius 3 is 2.80 bits per heavy atom. The predicted octanol–water partition coefficient (Wildman–Crippen LogP) is 1.31. The van der Waals surface area contributed by atoms with E-state index in [1.54, 1.807) is 6.08 Å². The van der Waals surface area contributed by atoms with Crippen molar-refractivity contribution in [3.63, 3.8) is 0 Å². The fourth-order valence-corrected chi connectivity index (χ4v) is 1.10. The maximum atomic E-state index is 10.6. The summed E-state index contributed by atoms with van der Waals surface area (Å²) in [5, 5.41) is 0.611. The first kappa shape index (κ1) is 7.35. The van der Waals surface area contributed by atoms with Crippen molar-refractivity contribution in [2.45, 2.75) is 12.8 Å². The Kier molecular flexibility index (Phi) is 2.12. The molecule has 0 aromatic heterocycles. The standard InChI is InChI=1S/C7H8ClNO/c8-6-3-1-2-5(4-6)7(9)10/h3-4H,1-2H2,(H2,9,10). The van der Waals surface area contributed by atoms with Gasteiger partial charge in [0.25, 0.3) is 0 Å². The number of hydrogen-bond donors (Lipinski definition) is 1. The summed E-state index contributed by atoms with van der Waals surface area (Å²) in [6, 6.07) is 0. The highest BCUT2D eigenvalue weighted by Gasteiger charge is 2.07. The van der Waals surface area contributed by atoms with Gasteiger partial charge in [0.1, 0.15) is 0 Å². The minimum atomic E-state index is -0.369. The highest BCUT2D eigenvalue weighted by molar-refractivity contribution is 6.31. The molecule has 10 heavy (non-hydrogen) atoms. The van der Waals surface area contributed by atoms with Crippen molar-refractivity contribution >= 4 is 17.5 Å². The Balaban J connectivity index is 2.78. The maximum Gasteiger partial charge on any atom is 0.244 e. The van der Waals surface area contributed by atoms with E-state index in [-0.39, 0.29) is 5.91 Å². The molecular formula is C7H8ClNO. The van der Waals surface area contributed by atoms with Crippen molar-refractivity contribution in [3.05, 3.63) is 22.8 Å². The third-order valence-electron chi connectivity index (χ3n) is 1.38. The molecule has 0 bridgehead atoms. The molecule has 54 valence electrons. The zero-order chi connectivity index (χ0) is 7.56. The molecule has 0 radical (unpaired) electrons. The van der Waals surface area contributed by atoms with Crippen LogP contribution in [0.1, 0.15) is 12.8 Å². The molecule has 0 unspecified atom stereocenters. The monoisotopic (exact) mass is 157 g/mol. The Bertz CT molecular complexity index is 218. The van der Waals surface area contributed by atoms with Crippen LogP contribution in [-0.4, -0.2) is 5.91 Å². The fourth-order valence-electron chi connectivity index (χ4n) is 0.857. The number of amides is 1. The Labute approximate surface area is 64.3 Å². The van der Waals surface area contributed by atoms with E-state index in [1.807, 2.05) is 6.08 Å². The molecule has 0 atom stereocenters. The minimum Gasteiger partial charge on any atom is -0.366 e. The first-order valence-electron chi connectivity index (χ1n) is 3.06. The van der Waals surface area contributed by atoms with E-state index in [0.29, 0.717) is 17.0 Å². The number of carbonyl (C=O) groups excluding carboxylic acids is 1. The van der Waals surface area contributed by atoms with E-state index in [4.69, 9.17) is 17.3 Å². The number of hydrogen-bond acceptors (Lipinski definition) is 1. The van der Waals surface area contributed by atoms with Gasteiger partial charge in [0.15, 0.2) is 0 Å². The Hall–Kier alpha value is -0.760. The smallest absolute Gasteiger partial charge is 0.244 e. The second-order valence-corrected chi connectivity index (χ2v) is 2.60. The van der Waals surface area contributed by atoms with Crippen molar-refractivity contribution < 1.29 is 4.79 Å². The van der Waals surface area contributed by atoms with Crippen LogP contribution in [0.15, 0.2) is 22.8 Å². The Morgan fingerprint density at radius 1 is 1.70 bits per heavy atom. The van der Waals surface area contributed by atoms with E-state index in [1.165, 1.54) is 0 Å². The van der Waals surface area contributed by atoms with Crippen LogP contribution in [0.3, 0.4) is 0 Å². The van der Waals surface area contributed by atoms with Gasteiger partial charge in [-0.15, -0.1) is 0 Å². The third-order valence-corrected chi connectivity index (χ3v) is 1.65. The zero-order valence-electron chi connectivity index (χ0n) is 5.43. The largest absolute Gasteiger partial charge is 0.366 e. The van der Waals surface area contributed by atoms with Gasteiger partial charge in [-0.25, -0.2) is 0 Å². The molecule has 0 saturated carbocycles. The lowest BCUT2D eigenvalue weighted by Crippen LogP contribution is -2.14. The number of allylic oxidation sites excluding steroid dienone is 3. The van der Waals surface area contributed by atoms with Crippen molar-refractivity contribution in [2.24, 2.45) is 5.73 Å². The molecule has 1 rings (SSSR count). The normalized spacial score (nSPS) is 17.7. The number of rotatable bonds is 1. The molecule has 0 saturated heterocycles. The minimum absolute atomic E-state index is 0.369. The number of primary amides is 1. The maximum absolute atomic E-state index is 10.6. The summed E-state index contributed by atoms with van der Waals surface area (Å²) >= 11 is 5.63. The van der Waals surface area contributed by atoms with E-state index < -0.39 is 0 Å². The molecule has 0 aromatic carbocycles. The highest BCUT2D eigenvalue weighted by Crippen LogP contribution is 2.18. The Morgan fingerprint density at radius 2 is 2.40 bits per heavy atom. The third kappa shape index (κ3) is 1.61. The van der Waals surface area contributed by atoms with Crippen LogP contribution in [0.2, 0.25) is 0 Å². The summed E-state index contributed by atoms with van der Waals surface area (Å²) < 4.78 is 0. The molecule has 1 aliphatic rings. The lowest BCUT2D eigenvalue weighted by molar-refractivity contribution is -0.114. The van der Waals surface area contributed by atoms with Gasteiger partial charge in [-0.2, -0.15) is 0 Å². The van der Waals surface area contributed by atoms with Crippen LogP contribution in [0.4, 0.5) is 0 Å². The van der Waals surface area contributed by atoms with Gasteiger partial charge in [-0.3, -0.25) is 4.79 Å². The molecule has 1 aliphatic carbocycles. The number of halogens is 1. The molecule has 0 heterocycles. The van der Waals surface area contributed by atoms with Gasteiger partial charge in [0, 0.05) is 10.6 Å². The first-order chi connectivity index (χ1) is 4.70. The zero-order valence-corrected chi connectivity index (χ0v) is 6.19. The van der Waals surface area contributed by atoms with Crippen LogP contribution in [0.5, 0.6) is 0 Å². The number of nitrogens with two attached hydrogens (primary N) is 1. The molecule has 1 amide bonds. The molecular weight excluding hydrogens is 150 g/mol. The lowest BCUT2D eigenvalue weighted by atomic mass is 10.1. The van der Waals surface area contributed by atoms with Crippen molar-refractivity contribution in [1.82, 2.24) is 0 Å². The van der Waals surface area contributed by atoms with Crippen molar-refractivity contribution in [3.8, 4) is 0 Å². The quantitative estimate of drug-likeness (QED) is 0.613. The SMILES string of the molecule is NC(=O)C1=CC(Cl)=CCC1. The summed E-state index contributed by atoms with van der Waals surface area (Å²) in [5.41, 5.74) is 5.65. The molecule has 3 heteroatoms. The average Bonchev–Trinajstić information content (AvgIpc) is 1.88. The van der Waals surface area contributed by atoms with Crippen LogP contribution >= 0.6 is 11.6 Å². The van der Waals surface area contributed by atoms with E-state index in [9.17, 15) is 4.79 Å². The summed E-state index contributed by atoms with van der Waals surface area (Å²) in [5.74, 6) is -0.369. The lowest BCUT2D eigenvalue weighted by Gasteiger charge is -2.05. The van der Waals surface area contributed by atoms with Gasteiger partial charge in [0.2, 0.25) is 5.91 Å². The van der Waals surface area contributed by atoms with Crippen LogP contribution in [0.25, 0.3) is 0 Å². The topological polar surface area (TPSA) is 43.1 Å². The van der Waals surface area contributed by atoms with Gasteiger partial charge in [-0.05, 0) is 18.9 Å². The first-order valence-corrected chi connectivity index (χ1v) is 3.44. The van der Waals surface area contributed by atoms with E-state index in [2.05, 4.69) is 0 Å². The molecule has 2 N–H and O–H groups in total. The van der Waals surface area contributed by atoms with Crippen LogP contribution in [-0.2, 0) is 4.79 Å². The molecule has 0 spiro atoms. The van der Waals surface area contributed by atoms with Gasteiger partial charge >= 0.3 is 0 Å². The number of carbonyl (C=O) groups is 1. The molecule has 0 aromatic rings. The van der Waals surface area contributed by atoms with Crippen LogP contribution in [0, 0.1) is 0 Å². The molecule has 2 nitrogen and oxygen atoms in total. The molecule has 0 fully saturated rings. The fraction of sp³-hybridized carbons (Fsp3) is 0.286. The average molecular weight is 158 g/mol. The van der Waals surface area contributed by atoms with Crippen molar-refractivity contribution in [2.75, 3.05) is 0 Å². The van der Waals surface area contributed by atoms with Crippen molar-refractivity contribution in [1.29, 1.82) is 0 Å². The van der Waals surface area contributed by atoms with Gasteiger partial charge < -0.3 is 5.73 Å². The second-order valence-electron chi connectivity index (χ2n) is 2.16. The summed E-state index contributed by atoms with van der Waals surface area (Å²) in [4.78, 5) is 10.6. The van der Waals surface area contributed by atoms with Crippen LogP contribution < -0.4 is 5.73 Å². The predicted molar refractivity (Wildman–Crippen MR) is 40.4 cm³/mol. The summed E-state index contributed by atoms with van der Waals surface area (Å²) in [7, 11) is 0. The highest BCUT2D eigenvalue weighted by atomic mass is 35.5. The van der Waals surface area contributed by atoms with Gasteiger partial charge in [-0.1, -0.05) is 17.7 Å². The van der Waals surface area contributed by atoms with E-state index >= 15 is 0 Å². The van der Waals surface area contributed by atoms with Gasteiger partial charge in [0.05, 0.1) is 0 Å². The summed E-state index contributed by atoms with van der Waals surface area (Å²) in [6.45, 7) is 0. The second kappa shape index (κ2) is 2.88. The van der Waals surface area contributed by atoms with E-state index in [0.717, 1.165) is 6.42 Å².